The molecule has 0 aliphatic carbocycles. The maximum atomic E-state index is 13.3. The van der Waals surface area contributed by atoms with E-state index in [4.69, 9.17) is 9.84 Å². The van der Waals surface area contributed by atoms with Crippen LogP contribution in [0, 0.1) is 5.82 Å². The van der Waals surface area contributed by atoms with Gasteiger partial charge in [-0.25, -0.2) is 9.18 Å². The molecule has 1 aromatic rings. The number of thioether (sulfide) groups is 1. The zero-order chi connectivity index (χ0) is 11.4. The van der Waals surface area contributed by atoms with Crippen molar-refractivity contribution < 1.29 is 19.0 Å². The molecule has 1 N–H and O–H groups in total. The van der Waals surface area contributed by atoms with Crippen LogP contribution in [0.5, 0.6) is 5.75 Å². The minimum atomic E-state index is -1.18. The van der Waals surface area contributed by atoms with Gasteiger partial charge in [-0.3, -0.25) is 0 Å². The second kappa shape index (κ2) is 5.02. The quantitative estimate of drug-likeness (QED) is 0.808. The average Bonchev–Trinajstić information content (AvgIpc) is 2.20. The van der Waals surface area contributed by atoms with Crippen molar-refractivity contribution in [2.75, 3.05) is 12.9 Å². The summed E-state index contributed by atoms with van der Waals surface area (Å²) in [5.41, 5.74) is -0.107. The molecule has 0 heterocycles. The number of ether oxygens (including phenoxy) is 1. The maximum absolute atomic E-state index is 13.3. The van der Waals surface area contributed by atoms with E-state index in [9.17, 15) is 9.18 Å². The summed E-state index contributed by atoms with van der Waals surface area (Å²) in [6, 6.07) is 2.55. The third-order valence-electron chi connectivity index (χ3n) is 1.79. The smallest absolute Gasteiger partial charge is 0.340 e. The van der Waals surface area contributed by atoms with E-state index in [-0.39, 0.29) is 16.2 Å². The molecule has 82 valence electrons. The Balaban J connectivity index is 3.35. The molecule has 1 rings (SSSR count). The number of hydrogen-bond acceptors (Lipinski definition) is 3. The van der Waals surface area contributed by atoms with Gasteiger partial charge in [0.05, 0.1) is 11.5 Å². The lowest BCUT2D eigenvalue weighted by atomic mass is 10.2. The van der Waals surface area contributed by atoms with Gasteiger partial charge >= 0.3 is 5.97 Å². The van der Waals surface area contributed by atoms with Gasteiger partial charge in [0.25, 0.3) is 0 Å². The molecule has 0 saturated carbocycles. The molecule has 0 aliphatic rings. The third-order valence-corrected chi connectivity index (χ3v) is 2.60. The third kappa shape index (κ3) is 2.41. The van der Waals surface area contributed by atoms with Crippen molar-refractivity contribution in [2.24, 2.45) is 0 Å². The second-order valence-electron chi connectivity index (χ2n) is 2.69. The van der Waals surface area contributed by atoms with Gasteiger partial charge in [-0.1, -0.05) is 0 Å². The SMILES string of the molecule is CCOc1ccc(F)c(SC)c1C(=O)O. The topological polar surface area (TPSA) is 46.5 Å². The van der Waals surface area contributed by atoms with Crippen molar-refractivity contribution >= 4 is 17.7 Å². The van der Waals surface area contributed by atoms with Gasteiger partial charge in [0, 0.05) is 0 Å². The number of carboxylic acids is 1. The molecule has 0 saturated heterocycles. The average molecular weight is 230 g/mol. The Morgan fingerprint density at radius 3 is 2.73 bits per heavy atom. The Morgan fingerprint density at radius 1 is 1.60 bits per heavy atom. The summed E-state index contributed by atoms with van der Waals surface area (Å²) < 4.78 is 18.4. The predicted molar refractivity (Wildman–Crippen MR) is 56.3 cm³/mol. The van der Waals surface area contributed by atoms with Crippen LogP contribution >= 0.6 is 11.8 Å². The van der Waals surface area contributed by atoms with Crippen LogP contribution in [0.4, 0.5) is 4.39 Å². The highest BCUT2D eigenvalue weighted by molar-refractivity contribution is 7.98. The molecule has 1 aromatic carbocycles. The van der Waals surface area contributed by atoms with E-state index in [1.165, 1.54) is 12.1 Å². The fourth-order valence-electron chi connectivity index (χ4n) is 1.22. The Kier molecular flexibility index (Phi) is 3.96. The lowest BCUT2D eigenvalue weighted by molar-refractivity contribution is 0.0687. The fourth-order valence-corrected chi connectivity index (χ4v) is 1.87. The van der Waals surface area contributed by atoms with Gasteiger partial charge in [-0.15, -0.1) is 11.8 Å². The molecule has 0 unspecified atom stereocenters. The van der Waals surface area contributed by atoms with Crippen LogP contribution in [0.15, 0.2) is 17.0 Å². The van der Waals surface area contributed by atoms with E-state index in [1.54, 1.807) is 13.2 Å². The number of rotatable bonds is 4. The van der Waals surface area contributed by atoms with Gasteiger partial charge < -0.3 is 9.84 Å². The van der Waals surface area contributed by atoms with Crippen LogP contribution < -0.4 is 4.74 Å². The monoisotopic (exact) mass is 230 g/mol. The van der Waals surface area contributed by atoms with Crippen molar-refractivity contribution in [3.05, 3.63) is 23.5 Å². The molecule has 0 spiro atoms. The first-order valence-corrected chi connectivity index (χ1v) is 5.56. The summed E-state index contributed by atoms with van der Waals surface area (Å²) in [7, 11) is 0. The second-order valence-corrected chi connectivity index (χ2v) is 3.51. The van der Waals surface area contributed by atoms with E-state index in [1.807, 2.05) is 0 Å². The van der Waals surface area contributed by atoms with Crippen LogP contribution in [-0.2, 0) is 0 Å². The lowest BCUT2D eigenvalue weighted by Gasteiger charge is -2.10. The predicted octanol–water partition coefficient (Wildman–Crippen LogP) is 2.64. The van der Waals surface area contributed by atoms with Crippen LogP contribution in [0.1, 0.15) is 17.3 Å². The molecule has 0 aliphatic heterocycles. The van der Waals surface area contributed by atoms with E-state index in [0.29, 0.717) is 6.61 Å². The molecule has 0 bridgehead atoms. The van der Waals surface area contributed by atoms with Crippen molar-refractivity contribution in [3.63, 3.8) is 0 Å². The molecule has 0 radical (unpaired) electrons. The zero-order valence-corrected chi connectivity index (χ0v) is 9.23. The summed E-state index contributed by atoms with van der Waals surface area (Å²) in [6.07, 6.45) is 1.63. The summed E-state index contributed by atoms with van der Waals surface area (Å²) in [5.74, 6) is -1.51. The van der Waals surface area contributed by atoms with E-state index >= 15 is 0 Å². The molecule has 0 fully saturated rings. The first-order valence-electron chi connectivity index (χ1n) is 4.34. The molecular weight excluding hydrogens is 219 g/mol. The van der Waals surface area contributed by atoms with Gasteiger partial charge in [0.1, 0.15) is 17.1 Å². The first-order chi connectivity index (χ1) is 7.11. The molecule has 3 nitrogen and oxygen atoms in total. The number of benzene rings is 1. The van der Waals surface area contributed by atoms with Crippen LogP contribution in [0.2, 0.25) is 0 Å². The molecule has 0 atom stereocenters. The van der Waals surface area contributed by atoms with Gasteiger partial charge in [0.15, 0.2) is 0 Å². The fraction of sp³-hybridized carbons (Fsp3) is 0.300. The van der Waals surface area contributed by atoms with E-state index in [0.717, 1.165) is 11.8 Å². The standard InChI is InChI=1S/C10H11FO3S/c1-3-14-7-5-4-6(11)9(15-2)8(7)10(12)13/h4-5H,3H2,1-2H3,(H,12,13). The number of carbonyl (C=O) groups is 1. The zero-order valence-electron chi connectivity index (χ0n) is 8.41. The normalized spacial score (nSPS) is 10.1. The molecule has 0 aromatic heterocycles. The molecule has 15 heavy (non-hydrogen) atoms. The van der Waals surface area contributed by atoms with Crippen LogP contribution in [0.3, 0.4) is 0 Å². The van der Waals surface area contributed by atoms with Crippen LogP contribution in [-0.4, -0.2) is 23.9 Å². The summed E-state index contributed by atoms with van der Waals surface area (Å²) in [6.45, 7) is 2.09. The summed E-state index contributed by atoms with van der Waals surface area (Å²) in [4.78, 5) is 11.1. The van der Waals surface area contributed by atoms with Crippen molar-refractivity contribution in [2.45, 2.75) is 11.8 Å². The Bertz CT molecular complexity index is 379. The van der Waals surface area contributed by atoms with Crippen molar-refractivity contribution in [1.82, 2.24) is 0 Å². The number of hydrogen-bond donors (Lipinski definition) is 1. The maximum Gasteiger partial charge on any atom is 0.340 e. The highest BCUT2D eigenvalue weighted by Crippen LogP contribution is 2.31. The van der Waals surface area contributed by atoms with Gasteiger partial charge in [-0.2, -0.15) is 0 Å². The summed E-state index contributed by atoms with van der Waals surface area (Å²) in [5, 5.41) is 8.97. The summed E-state index contributed by atoms with van der Waals surface area (Å²) >= 11 is 1.05. The van der Waals surface area contributed by atoms with Gasteiger partial charge in [-0.05, 0) is 25.3 Å². The Morgan fingerprint density at radius 2 is 2.27 bits per heavy atom. The van der Waals surface area contributed by atoms with Gasteiger partial charge in [0.2, 0.25) is 0 Å². The minimum absolute atomic E-state index is 0.105. The first kappa shape index (κ1) is 11.8. The number of halogens is 1. The Hall–Kier alpha value is -1.23. The molecule has 0 amide bonds. The lowest BCUT2D eigenvalue weighted by Crippen LogP contribution is -2.06. The Labute approximate surface area is 91.2 Å². The minimum Gasteiger partial charge on any atom is -0.493 e. The molecular formula is C10H11FO3S. The number of carboxylic acid groups (broad SMARTS) is 1. The van der Waals surface area contributed by atoms with Crippen molar-refractivity contribution in [3.8, 4) is 5.75 Å². The highest BCUT2D eigenvalue weighted by Gasteiger charge is 2.19. The van der Waals surface area contributed by atoms with E-state index < -0.39 is 11.8 Å². The van der Waals surface area contributed by atoms with E-state index in [2.05, 4.69) is 0 Å². The highest BCUT2D eigenvalue weighted by atomic mass is 32.2. The largest absolute Gasteiger partial charge is 0.493 e. The van der Waals surface area contributed by atoms with Crippen molar-refractivity contribution in [1.29, 1.82) is 0 Å². The number of aromatic carboxylic acids is 1. The molecule has 5 heteroatoms. The van der Waals surface area contributed by atoms with Crippen LogP contribution in [0.25, 0.3) is 0 Å².